The lowest BCUT2D eigenvalue weighted by Gasteiger charge is -2.38. The molecule has 9 heteroatoms. The van der Waals surface area contributed by atoms with Crippen LogP contribution in [0.3, 0.4) is 0 Å². The summed E-state index contributed by atoms with van der Waals surface area (Å²) in [7, 11) is 0. The van der Waals surface area contributed by atoms with Gasteiger partial charge in [0.15, 0.2) is 17.3 Å². The zero-order valence-corrected chi connectivity index (χ0v) is 16.1. The maximum absolute atomic E-state index is 12.8. The van der Waals surface area contributed by atoms with Gasteiger partial charge in [0.2, 0.25) is 6.79 Å². The van der Waals surface area contributed by atoms with Gasteiger partial charge in [0.1, 0.15) is 17.3 Å². The number of anilines is 2. The molecule has 29 heavy (non-hydrogen) atoms. The molecule has 152 valence electrons. The third-order valence-corrected chi connectivity index (χ3v) is 5.35. The molecule has 0 saturated carbocycles. The van der Waals surface area contributed by atoms with Gasteiger partial charge in [0.25, 0.3) is 5.91 Å². The van der Waals surface area contributed by atoms with Gasteiger partial charge in [-0.1, -0.05) is 0 Å². The molecule has 3 aliphatic rings. The summed E-state index contributed by atoms with van der Waals surface area (Å²) in [5, 5.41) is 2.86. The number of aryl methyl sites for hydroxylation is 1. The van der Waals surface area contributed by atoms with Gasteiger partial charge < -0.3 is 29.2 Å². The monoisotopic (exact) mass is 398 g/mol. The fraction of sp³-hybridized carbons (Fsp3) is 0.450. The summed E-state index contributed by atoms with van der Waals surface area (Å²) in [6, 6.07) is 7.00. The van der Waals surface area contributed by atoms with E-state index in [1.54, 1.807) is 31.2 Å². The average Bonchev–Trinajstić information content (AvgIpc) is 3.37. The van der Waals surface area contributed by atoms with Crippen molar-refractivity contribution in [2.24, 2.45) is 0 Å². The third-order valence-electron chi connectivity index (χ3n) is 5.35. The number of piperidine rings is 1. The van der Waals surface area contributed by atoms with E-state index in [-0.39, 0.29) is 12.7 Å². The highest BCUT2D eigenvalue weighted by Crippen LogP contribution is 2.35. The van der Waals surface area contributed by atoms with Crippen molar-refractivity contribution < 1.29 is 23.7 Å². The number of aromatic nitrogens is 2. The first-order valence-electron chi connectivity index (χ1n) is 9.70. The second-order valence-electron chi connectivity index (χ2n) is 7.28. The normalized spacial score (nSPS) is 19.6. The van der Waals surface area contributed by atoms with Gasteiger partial charge in [-0.05, 0) is 19.1 Å². The summed E-state index contributed by atoms with van der Waals surface area (Å²) in [6.45, 7) is 4.77. The molecular formula is C20H22N4O5. The summed E-state index contributed by atoms with van der Waals surface area (Å²) in [4.78, 5) is 23.8. The van der Waals surface area contributed by atoms with E-state index in [0.29, 0.717) is 41.9 Å². The van der Waals surface area contributed by atoms with Crippen molar-refractivity contribution in [3.63, 3.8) is 0 Å². The van der Waals surface area contributed by atoms with E-state index in [4.69, 9.17) is 18.9 Å². The van der Waals surface area contributed by atoms with E-state index < -0.39 is 5.79 Å². The Labute approximate surface area is 167 Å². The fourth-order valence-corrected chi connectivity index (χ4v) is 3.86. The Hall–Kier alpha value is -2.91. The standard InChI is InChI=1S/C20H22N4O5/c1-13-21-15(19(25)23-14-2-3-16-17(10-14)27-12-26-16)11-18(22-13)24-6-4-20(5-7-24)28-8-9-29-20/h2-3,10-11H,4-9,12H2,1H3,(H,23,25). The third kappa shape index (κ3) is 3.58. The number of nitrogens with one attached hydrogen (secondary N) is 1. The molecule has 0 bridgehead atoms. The Morgan fingerprint density at radius 3 is 2.62 bits per heavy atom. The summed E-state index contributed by atoms with van der Waals surface area (Å²) >= 11 is 0. The number of ether oxygens (including phenoxy) is 4. The summed E-state index contributed by atoms with van der Waals surface area (Å²) in [5.41, 5.74) is 0.936. The smallest absolute Gasteiger partial charge is 0.274 e. The molecule has 1 aromatic heterocycles. The Kier molecular flexibility index (Phi) is 4.48. The van der Waals surface area contributed by atoms with Crippen LogP contribution in [0, 0.1) is 6.92 Å². The van der Waals surface area contributed by atoms with Crippen LogP contribution in [-0.4, -0.2) is 54.8 Å². The molecular weight excluding hydrogens is 376 g/mol. The number of carbonyl (C=O) groups is 1. The second-order valence-corrected chi connectivity index (χ2v) is 7.28. The van der Waals surface area contributed by atoms with Crippen molar-refractivity contribution in [1.82, 2.24) is 9.97 Å². The summed E-state index contributed by atoms with van der Waals surface area (Å²) in [5.74, 6) is 1.82. The number of hydrogen-bond donors (Lipinski definition) is 1. The zero-order valence-electron chi connectivity index (χ0n) is 16.1. The number of benzene rings is 1. The summed E-state index contributed by atoms with van der Waals surface area (Å²) in [6.07, 6.45) is 1.55. The molecule has 9 nitrogen and oxygen atoms in total. The zero-order chi connectivity index (χ0) is 19.8. The molecule has 4 heterocycles. The van der Waals surface area contributed by atoms with Crippen molar-refractivity contribution in [2.75, 3.05) is 43.3 Å². The molecule has 1 amide bonds. The molecule has 2 fully saturated rings. The van der Waals surface area contributed by atoms with Crippen molar-refractivity contribution >= 4 is 17.4 Å². The minimum atomic E-state index is -0.446. The first-order chi connectivity index (χ1) is 14.1. The Morgan fingerprint density at radius 1 is 1.07 bits per heavy atom. The van der Waals surface area contributed by atoms with Gasteiger partial charge >= 0.3 is 0 Å². The van der Waals surface area contributed by atoms with Crippen LogP contribution >= 0.6 is 0 Å². The average molecular weight is 398 g/mol. The molecule has 1 aromatic carbocycles. The lowest BCUT2D eigenvalue weighted by Crippen LogP contribution is -2.45. The number of fused-ring (bicyclic) bond motifs is 1. The Morgan fingerprint density at radius 2 is 1.83 bits per heavy atom. The van der Waals surface area contributed by atoms with Crippen molar-refractivity contribution in [1.29, 1.82) is 0 Å². The van der Waals surface area contributed by atoms with Crippen LogP contribution in [0.5, 0.6) is 11.5 Å². The lowest BCUT2D eigenvalue weighted by atomic mass is 10.0. The topological polar surface area (TPSA) is 95.0 Å². The van der Waals surface area contributed by atoms with E-state index in [0.717, 1.165) is 31.7 Å². The predicted octanol–water partition coefficient (Wildman–Crippen LogP) is 2.11. The highest BCUT2D eigenvalue weighted by molar-refractivity contribution is 6.03. The van der Waals surface area contributed by atoms with E-state index in [1.807, 2.05) is 0 Å². The molecule has 1 N–H and O–H groups in total. The second kappa shape index (κ2) is 7.16. The Balaban J connectivity index is 1.31. The van der Waals surface area contributed by atoms with Gasteiger partial charge in [0.05, 0.1) is 13.2 Å². The molecule has 0 radical (unpaired) electrons. The maximum atomic E-state index is 12.8. The number of hydrogen-bond acceptors (Lipinski definition) is 8. The van der Waals surface area contributed by atoms with Crippen LogP contribution in [-0.2, 0) is 9.47 Å². The van der Waals surface area contributed by atoms with E-state index in [9.17, 15) is 4.79 Å². The van der Waals surface area contributed by atoms with Gasteiger partial charge in [-0.3, -0.25) is 4.79 Å². The largest absolute Gasteiger partial charge is 0.454 e. The van der Waals surface area contributed by atoms with Crippen LogP contribution in [0.15, 0.2) is 24.3 Å². The van der Waals surface area contributed by atoms with E-state index >= 15 is 0 Å². The molecule has 3 aliphatic heterocycles. The van der Waals surface area contributed by atoms with Crippen LogP contribution in [0.4, 0.5) is 11.5 Å². The van der Waals surface area contributed by atoms with Crippen LogP contribution < -0.4 is 19.7 Å². The number of carbonyl (C=O) groups excluding carboxylic acids is 1. The first kappa shape index (κ1) is 18.1. The van der Waals surface area contributed by atoms with Gasteiger partial charge in [-0.15, -0.1) is 0 Å². The maximum Gasteiger partial charge on any atom is 0.274 e. The fourth-order valence-electron chi connectivity index (χ4n) is 3.86. The molecule has 2 aromatic rings. The lowest BCUT2D eigenvalue weighted by molar-refractivity contribution is -0.169. The number of amides is 1. The van der Waals surface area contributed by atoms with Crippen LogP contribution in [0.1, 0.15) is 29.2 Å². The number of nitrogens with zero attached hydrogens (tertiary/aromatic N) is 3. The van der Waals surface area contributed by atoms with Crippen LogP contribution in [0.2, 0.25) is 0 Å². The van der Waals surface area contributed by atoms with E-state index in [1.165, 1.54) is 0 Å². The van der Waals surface area contributed by atoms with Crippen molar-refractivity contribution in [2.45, 2.75) is 25.6 Å². The van der Waals surface area contributed by atoms with E-state index in [2.05, 4.69) is 20.2 Å². The minimum absolute atomic E-state index is 0.189. The minimum Gasteiger partial charge on any atom is -0.454 e. The quantitative estimate of drug-likeness (QED) is 0.840. The molecule has 5 rings (SSSR count). The first-order valence-corrected chi connectivity index (χ1v) is 9.70. The SMILES string of the molecule is Cc1nc(C(=O)Nc2ccc3c(c2)OCO3)cc(N2CCC3(CC2)OCCO3)n1. The predicted molar refractivity (Wildman–Crippen MR) is 103 cm³/mol. The molecule has 0 unspecified atom stereocenters. The summed E-state index contributed by atoms with van der Waals surface area (Å²) < 4.78 is 22.2. The van der Waals surface area contributed by atoms with Gasteiger partial charge in [-0.2, -0.15) is 0 Å². The molecule has 0 aliphatic carbocycles. The molecule has 0 atom stereocenters. The van der Waals surface area contributed by atoms with Gasteiger partial charge in [0, 0.05) is 43.8 Å². The van der Waals surface area contributed by atoms with Gasteiger partial charge in [-0.25, -0.2) is 9.97 Å². The van der Waals surface area contributed by atoms with Crippen molar-refractivity contribution in [3.05, 3.63) is 35.8 Å². The Bertz CT molecular complexity index is 934. The highest BCUT2D eigenvalue weighted by atomic mass is 16.7. The molecule has 1 spiro atoms. The van der Waals surface area contributed by atoms with Crippen LogP contribution in [0.25, 0.3) is 0 Å². The number of rotatable bonds is 3. The molecule has 2 saturated heterocycles. The highest BCUT2D eigenvalue weighted by Gasteiger charge is 2.40. The van der Waals surface area contributed by atoms with Crippen molar-refractivity contribution in [3.8, 4) is 11.5 Å².